The first-order valence-corrected chi connectivity index (χ1v) is 14.4. The molecule has 190 valence electrons. The second-order valence-corrected chi connectivity index (χ2v) is 11.1. The van der Waals surface area contributed by atoms with E-state index < -0.39 is 0 Å². The molecule has 0 bridgehead atoms. The lowest BCUT2D eigenvalue weighted by molar-refractivity contribution is -0.113. The standard InChI is InChI=1S/C28H28N4O3S2/c1-3-9-17-14-24(32-21-12-7-6-11-20(21)30-26(32)19(17)15-29)36-16-23(33)31-27-25(28(34)35-4-2)18-10-5-8-13-22(18)37-27/h6-7,11-12,14H,3-5,8-10,13,16H2,1-2H3,(H,31,33). The molecule has 0 fully saturated rings. The number of hydrogen-bond donors (Lipinski definition) is 1. The van der Waals surface area contributed by atoms with Crippen LogP contribution in [0.25, 0.3) is 16.7 Å². The van der Waals surface area contributed by atoms with Gasteiger partial charge in [-0.2, -0.15) is 5.26 Å². The first-order valence-electron chi connectivity index (χ1n) is 12.6. The number of carbonyl (C=O) groups excluding carboxylic acids is 2. The van der Waals surface area contributed by atoms with E-state index in [-0.39, 0.29) is 17.6 Å². The summed E-state index contributed by atoms with van der Waals surface area (Å²) >= 11 is 2.90. The Morgan fingerprint density at radius 2 is 2.05 bits per heavy atom. The van der Waals surface area contributed by atoms with Crippen molar-refractivity contribution in [2.45, 2.75) is 57.4 Å². The van der Waals surface area contributed by atoms with Gasteiger partial charge < -0.3 is 10.1 Å². The van der Waals surface area contributed by atoms with Crippen LogP contribution in [-0.2, 0) is 28.8 Å². The van der Waals surface area contributed by atoms with Crippen LogP contribution in [0.3, 0.4) is 0 Å². The number of amides is 1. The number of benzene rings is 1. The summed E-state index contributed by atoms with van der Waals surface area (Å²) in [6.45, 7) is 4.16. The lowest BCUT2D eigenvalue weighted by Gasteiger charge is -2.13. The molecule has 5 rings (SSSR count). The number of para-hydroxylation sites is 2. The van der Waals surface area contributed by atoms with Gasteiger partial charge in [-0.1, -0.05) is 37.2 Å². The number of nitrogens with zero attached hydrogens (tertiary/aromatic N) is 3. The van der Waals surface area contributed by atoms with Gasteiger partial charge in [-0.05, 0) is 68.4 Å². The van der Waals surface area contributed by atoms with Gasteiger partial charge in [0.05, 0.1) is 39.5 Å². The third kappa shape index (κ3) is 4.83. The van der Waals surface area contributed by atoms with Crippen molar-refractivity contribution in [1.82, 2.24) is 9.38 Å². The molecule has 3 heterocycles. The van der Waals surface area contributed by atoms with Crippen LogP contribution in [0.15, 0.2) is 35.4 Å². The molecule has 0 radical (unpaired) electrons. The zero-order chi connectivity index (χ0) is 25.9. The lowest BCUT2D eigenvalue weighted by Crippen LogP contribution is -2.17. The normalized spacial score (nSPS) is 12.9. The number of imidazole rings is 1. The van der Waals surface area contributed by atoms with Crippen LogP contribution in [0.1, 0.15) is 65.0 Å². The maximum absolute atomic E-state index is 13.1. The Hall–Kier alpha value is -3.35. The van der Waals surface area contributed by atoms with Gasteiger partial charge in [-0.3, -0.25) is 9.20 Å². The maximum Gasteiger partial charge on any atom is 0.341 e. The van der Waals surface area contributed by atoms with Gasteiger partial charge in [-0.25, -0.2) is 9.78 Å². The number of pyridine rings is 1. The van der Waals surface area contributed by atoms with E-state index in [1.165, 1.54) is 28.0 Å². The Labute approximate surface area is 223 Å². The second kappa shape index (κ2) is 11.0. The van der Waals surface area contributed by atoms with Crippen LogP contribution in [0.5, 0.6) is 0 Å². The zero-order valence-corrected chi connectivity index (χ0v) is 22.6. The number of rotatable bonds is 8. The summed E-state index contributed by atoms with van der Waals surface area (Å²) in [6, 6.07) is 12.1. The van der Waals surface area contributed by atoms with Gasteiger partial charge in [0, 0.05) is 4.88 Å². The minimum Gasteiger partial charge on any atom is -0.462 e. The SMILES string of the molecule is CCCc1cc(SCC(=O)Nc2sc3c(c2C(=O)OCC)CCCC3)n2c(nc3ccccc32)c1C#N. The van der Waals surface area contributed by atoms with Gasteiger partial charge in [0.2, 0.25) is 5.91 Å². The van der Waals surface area contributed by atoms with Gasteiger partial charge in [-0.15, -0.1) is 11.3 Å². The number of ether oxygens (including phenoxy) is 1. The summed E-state index contributed by atoms with van der Waals surface area (Å²) in [5.41, 5.74) is 5.39. The topological polar surface area (TPSA) is 96.5 Å². The lowest BCUT2D eigenvalue weighted by atomic mass is 9.95. The summed E-state index contributed by atoms with van der Waals surface area (Å²) in [6.07, 6.45) is 5.54. The van der Waals surface area contributed by atoms with E-state index in [0.717, 1.165) is 65.7 Å². The van der Waals surface area contributed by atoms with Crippen LogP contribution in [0, 0.1) is 11.3 Å². The first-order chi connectivity index (χ1) is 18.0. The molecule has 0 unspecified atom stereocenters. The van der Waals surface area contributed by atoms with Crippen molar-refractivity contribution in [2.24, 2.45) is 0 Å². The number of aryl methyl sites for hydroxylation is 2. The summed E-state index contributed by atoms with van der Waals surface area (Å²) in [4.78, 5) is 31.8. The third-order valence-electron chi connectivity index (χ3n) is 6.51. The highest BCUT2D eigenvalue weighted by molar-refractivity contribution is 7.99. The third-order valence-corrected chi connectivity index (χ3v) is 8.72. The van der Waals surface area contributed by atoms with Gasteiger partial charge in [0.15, 0.2) is 5.65 Å². The molecule has 0 saturated heterocycles. The highest BCUT2D eigenvalue weighted by Gasteiger charge is 2.27. The molecule has 1 aliphatic rings. The molecule has 0 saturated carbocycles. The van der Waals surface area contributed by atoms with Crippen LogP contribution < -0.4 is 5.32 Å². The van der Waals surface area contributed by atoms with E-state index in [2.05, 4.69) is 18.3 Å². The van der Waals surface area contributed by atoms with Crippen LogP contribution >= 0.6 is 23.1 Å². The van der Waals surface area contributed by atoms with E-state index >= 15 is 0 Å². The molecule has 1 amide bonds. The van der Waals surface area contributed by atoms with E-state index in [0.29, 0.717) is 28.4 Å². The number of carbonyl (C=O) groups is 2. The minimum absolute atomic E-state index is 0.157. The molecule has 0 aliphatic heterocycles. The number of anilines is 1. The monoisotopic (exact) mass is 532 g/mol. The number of thiophene rings is 1. The Morgan fingerprint density at radius 3 is 2.84 bits per heavy atom. The number of fused-ring (bicyclic) bond motifs is 4. The Kier molecular flexibility index (Phi) is 7.49. The molecule has 9 heteroatoms. The molecule has 0 atom stereocenters. The van der Waals surface area contributed by atoms with Crippen molar-refractivity contribution < 1.29 is 14.3 Å². The highest BCUT2D eigenvalue weighted by Crippen LogP contribution is 2.39. The largest absolute Gasteiger partial charge is 0.462 e. The molecule has 1 N–H and O–H groups in total. The fraction of sp³-hybridized carbons (Fsp3) is 0.357. The molecule has 4 aromatic rings. The average molecular weight is 533 g/mol. The quantitative estimate of drug-likeness (QED) is 0.216. The molecular weight excluding hydrogens is 504 g/mol. The van der Waals surface area contributed by atoms with Crippen molar-refractivity contribution >= 4 is 56.7 Å². The number of hydrogen-bond acceptors (Lipinski definition) is 7. The summed E-state index contributed by atoms with van der Waals surface area (Å²) in [7, 11) is 0. The Morgan fingerprint density at radius 1 is 1.24 bits per heavy atom. The van der Waals surface area contributed by atoms with E-state index in [1.807, 2.05) is 34.7 Å². The van der Waals surface area contributed by atoms with Crippen molar-refractivity contribution in [3.63, 3.8) is 0 Å². The van der Waals surface area contributed by atoms with Gasteiger partial charge in [0.25, 0.3) is 0 Å². The molecule has 0 spiro atoms. The first kappa shape index (κ1) is 25.3. The summed E-state index contributed by atoms with van der Waals surface area (Å²) < 4.78 is 7.29. The zero-order valence-electron chi connectivity index (χ0n) is 20.9. The number of nitriles is 1. The fourth-order valence-corrected chi connectivity index (χ4v) is 7.10. The molecule has 1 aliphatic carbocycles. The van der Waals surface area contributed by atoms with Crippen molar-refractivity contribution in [3.05, 3.63) is 57.5 Å². The molecule has 37 heavy (non-hydrogen) atoms. The van der Waals surface area contributed by atoms with Crippen molar-refractivity contribution in [1.29, 1.82) is 5.26 Å². The van der Waals surface area contributed by atoms with Crippen LogP contribution in [-0.4, -0.2) is 33.6 Å². The predicted octanol–water partition coefficient (Wildman–Crippen LogP) is 6.16. The number of nitrogens with one attached hydrogen (secondary N) is 1. The average Bonchev–Trinajstić information content (AvgIpc) is 3.46. The number of esters is 1. The fourth-order valence-electron chi connectivity index (χ4n) is 4.92. The summed E-state index contributed by atoms with van der Waals surface area (Å²) in [5, 5.41) is 14.4. The predicted molar refractivity (Wildman–Crippen MR) is 148 cm³/mol. The minimum atomic E-state index is -0.368. The molecular formula is C28H28N4O3S2. The highest BCUT2D eigenvalue weighted by atomic mass is 32.2. The van der Waals surface area contributed by atoms with E-state index in [4.69, 9.17) is 9.72 Å². The maximum atomic E-state index is 13.1. The second-order valence-electron chi connectivity index (χ2n) is 8.98. The molecule has 3 aromatic heterocycles. The number of thioether (sulfide) groups is 1. The van der Waals surface area contributed by atoms with E-state index in [1.54, 1.807) is 6.92 Å². The Bertz CT molecular complexity index is 1550. The van der Waals surface area contributed by atoms with Gasteiger partial charge >= 0.3 is 5.97 Å². The van der Waals surface area contributed by atoms with E-state index in [9.17, 15) is 14.9 Å². The number of aromatic nitrogens is 2. The van der Waals surface area contributed by atoms with Gasteiger partial charge in [0.1, 0.15) is 11.1 Å². The molecule has 1 aromatic carbocycles. The van der Waals surface area contributed by atoms with Crippen molar-refractivity contribution in [3.8, 4) is 6.07 Å². The summed E-state index contributed by atoms with van der Waals surface area (Å²) in [5.74, 6) is -0.398. The molecule has 7 nitrogen and oxygen atoms in total. The van der Waals surface area contributed by atoms with Crippen LogP contribution in [0.4, 0.5) is 5.00 Å². The van der Waals surface area contributed by atoms with Crippen LogP contribution in [0.2, 0.25) is 0 Å². The smallest absolute Gasteiger partial charge is 0.341 e. The Balaban J connectivity index is 1.45. The van der Waals surface area contributed by atoms with Crippen molar-refractivity contribution in [2.75, 3.05) is 17.7 Å².